The summed E-state index contributed by atoms with van der Waals surface area (Å²) >= 11 is 0. The Hall–Kier alpha value is -0.610. The fourth-order valence-corrected chi connectivity index (χ4v) is 2.89. The molecular weight excluding hydrogens is 238 g/mol. The van der Waals surface area contributed by atoms with Crippen molar-refractivity contribution >= 4 is 5.91 Å². The first kappa shape index (κ1) is 16.4. The van der Waals surface area contributed by atoms with Gasteiger partial charge in [0.25, 0.3) is 0 Å². The predicted molar refractivity (Wildman–Crippen MR) is 80.0 cm³/mol. The van der Waals surface area contributed by atoms with Crippen LogP contribution in [0, 0.1) is 0 Å². The highest BCUT2D eigenvalue weighted by Gasteiger charge is 2.23. The molecule has 1 atom stereocenters. The zero-order valence-electron chi connectivity index (χ0n) is 12.7. The molecular formula is C15H31N3O. The third-order valence-corrected chi connectivity index (χ3v) is 3.93. The van der Waals surface area contributed by atoms with Crippen molar-refractivity contribution in [3.05, 3.63) is 0 Å². The van der Waals surface area contributed by atoms with E-state index in [9.17, 15) is 4.79 Å². The number of amides is 1. The van der Waals surface area contributed by atoms with Crippen LogP contribution in [0.25, 0.3) is 0 Å². The molecule has 0 spiro atoms. The number of carbonyl (C=O) groups excluding carboxylic acids is 1. The summed E-state index contributed by atoms with van der Waals surface area (Å²) in [6.45, 7) is 8.92. The second-order valence-electron chi connectivity index (χ2n) is 5.57. The lowest BCUT2D eigenvalue weighted by atomic mass is 10.1. The maximum atomic E-state index is 12.3. The summed E-state index contributed by atoms with van der Waals surface area (Å²) in [6, 6.07) is 0.217. The average Bonchev–Trinajstić information content (AvgIpc) is 2.45. The third kappa shape index (κ3) is 5.49. The van der Waals surface area contributed by atoms with Gasteiger partial charge < -0.3 is 10.6 Å². The predicted octanol–water partition coefficient (Wildman–Crippen LogP) is 1.84. The standard InChI is InChI=1S/C15H31N3O/c1-3-8-17(9-4-2)14(13-16)12-15(19)18-10-6-5-7-11-18/h14H,3-13,16H2,1-2H3. The van der Waals surface area contributed by atoms with Crippen LogP contribution in [0.2, 0.25) is 0 Å². The second-order valence-corrected chi connectivity index (χ2v) is 5.57. The number of piperidine rings is 1. The van der Waals surface area contributed by atoms with Crippen molar-refractivity contribution in [2.45, 2.75) is 58.4 Å². The number of hydrogen-bond acceptors (Lipinski definition) is 3. The van der Waals surface area contributed by atoms with E-state index in [0.29, 0.717) is 18.9 Å². The number of hydrogen-bond donors (Lipinski definition) is 1. The molecule has 1 rings (SSSR count). The van der Waals surface area contributed by atoms with E-state index in [-0.39, 0.29) is 6.04 Å². The molecule has 1 amide bonds. The van der Waals surface area contributed by atoms with Gasteiger partial charge in [0.2, 0.25) is 5.91 Å². The molecule has 1 unspecified atom stereocenters. The van der Waals surface area contributed by atoms with Crippen molar-refractivity contribution in [3.8, 4) is 0 Å². The fraction of sp³-hybridized carbons (Fsp3) is 0.933. The monoisotopic (exact) mass is 269 g/mol. The van der Waals surface area contributed by atoms with Gasteiger partial charge in [-0.25, -0.2) is 0 Å². The van der Waals surface area contributed by atoms with Crippen LogP contribution in [0.5, 0.6) is 0 Å². The smallest absolute Gasteiger partial charge is 0.224 e. The lowest BCUT2D eigenvalue weighted by molar-refractivity contribution is -0.133. The van der Waals surface area contributed by atoms with Gasteiger partial charge in [0.1, 0.15) is 0 Å². The quantitative estimate of drug-likeness (QED) is 0.731. The van der Waals surface area contributed by atoms with E-state index in [1.165, 1.54) is 6.42 Å². The van der Waals surface area contributed by atoms with Crippen molar-refractivity contribution < 1.29 is 4.79 Å². The SMILES string of the molecule is CCCN(CCC)C(CN)CC(=O)N1CCCCC1. The Balaban J connectivity index is 2.50. The van der Waals surface area contributed by atoms with Crippen molar-refractivity contribution in [2.24, 2.45) is 5.73 Å². The first-order chi connectivity index (χ1) is 9.22. The third-order valence-electron chi connectivity index (χ3n) is 3.93. The van der Waals surface area contributed by atoms with Gasteiger partial charge in [-0.05, 0) is 45.2 Å². The summed E-state index contributed by atoms with van der Waals surface area (Å²) in [6.07, 6.45) is 6.42. The summed E-state index contributed by atoms with van der Waals surface area (Å²) < 4.78 is 0. The molecule has 4 nitrogen and oxygen atoms in total. The molecule has 1 aliphatic heterocycles. The first-order valence-electron chi connectivity index (χ1n) is 7.94. The van der Waals surface area contributed by atoms with E-state index in [1.54, 1.807) is 0 Å². The lowest BCUT2D eigenvalue weighted by Crippen LogP contribution is -2.46. The largest absolute Gasteiger partial charge is 0.343 e. The van der Waals surface area contributed by atoms with Gasteiger partial charge in [-0.2, -0.15) is 0 Å². The number of rotatable bonds is 8. The number of nitrogens with zero attached hydrogens (tertiary/aromatic N) is 2. The molecule has 4 heteroatoms. The average molecular weight is 269 g/mol. The summed E-state index contributed by atoms with van der Waals surface area (Å²) in [5.74, 6) is 0.298. The van der Waals surface area contributed by atoms with Crippen LogP contribution in [0.3, 0.4) is 0 Å². The Kier molecular flexibility index (Phi) is 8.07. The van der Waals surface area contributed by atoms with Crippen molar-refractivity contribution in [1.82, 2.24) is 9.80 Å². The van der Waals surface area contributed by atoms with Gasteiger partial charge in [0, 0.05) is 32.1 Å². The Morgan fingerprint density at radius 3 is 2.21 bits per heavy atom. The molecule has 19 heavy (non-hydrogen) atoms. The molecule has 1 saturated heterocycles. The van der Waals surface area contributed by atoms with Gasteiger partial charge in [-0.1, -0.05) is 13.8 Å². The lowest BCUT2D eigenvalue weighted by Gasteiger charge is -2.33. The van der Waals surface area contributed by atoms with Gasteiger partial charge >= 0.3 is 0 Å². The van der Waals surface area contributed by atoms with Gasteiger partial charge in [0.15, 0.2) is 0 Å². The Morgan fingerprint density at radius 1 is 1.16 bits per heavy atom. The van der Waals surface area contributed by atoms with E-state index in [2.05, 4.69) is 18.7 Å². The number of likely N-dealkylation sites (tertiary alicyclic amines) is 1. The van der Waals surface area contributed by atoms with Crippen LogP contribution in [-0.2, 0) is 4.79 Å². The number of carbonyl (C=O) groups is 1. The Morgan fingerprint density at radius 2 is 1.74 bits per heavy atom. The van der Waals surface area contributed by atoms with Crippen LogP contribution in [0.4, 0.5) is 0 Å². The topological polar surface area (TPSA) is 49.6 Å². The fourth-order valence-electron chi connectivity index (χ4n) is 2.89. The minimum absolute atomic E-state index is 0.217. The Labute approximate surface area is 118 Å². The van der Waals surface area contributed by atoms with Crippen molar-refractivity contribution in [3.63, 3.8) is 0 Å². The van der Waals surface area contributed by atoms with Gasteiger partial charge in [-0.15, -0.1) is 0 Å². The maximum Gasteiger partial charge on any atom is 0.224 e. The summed E-state index contributed by atoms with van der Waals surface area (Å²) in [5, 5.41) is 0. The zero-order valence-corrected chi connectivity index (χ0v) is 12.7. The van der Waals surface area contributed by atoms with Crippen LogP contribution in [0.15, 0.2) is 0 Å². The second kappa shape index (κ2) is 9.32. The van der Waals surface area contributed by atoms with Crippen LogP contribution in [-0.4, -0.2) is 54.5 Å². The molecule has 0 saturated carbocycles. The van der Waals surface area contributed by atoms with E-state index in [1.807, 2.05) is 4.90 Å². The van der Waals surface area contributed by atoms with Crippen LogP contribution >= 0.6 is 0 Å². The highest BCUT2D eigenvalue weighted by atomic mass is 16.2. The molecule has 0 aromatic heterocycles. The maximum absolute atomic E-state index is 12.3. The summed E-state index contributed by atoms with van der Waals surface area (Å²) in [5.41, 5.74) is 5.90. The molecule has 2 N–H and O–H groups in total. The molecule has 0 bridgehead atoms. The molecule has 0 aromatic rings. The highest BCUT2D eigenvalue weighted by Crippen LogP contribution is 2.13. The minimum Gasteiger partial charge on any atom is -0.343 e. The van der Waals surface area contributed by atoms with Crippen molar-refractivity contribution in [2.75, 3.05) is 32.7 Å². The Bertz CT molecular complexity index is 246. The van der Waals surface area contributed by atoms with E-state index >= 15 is 0 Å². The molecule has 112 valence electrons. The van der Waals surface area contributed by atoms with Crippen molar-refractivity contribution in [1.29, 1.82) is 0 Å². The van der Waals surface area contributed by atoms with Crippen LogP contribution in [0.1, 0.15) is 52.4 Å². The zero-order chi connectivity index (χ0) is 14.1. The normalized spacial score (nSPS) is 17.8. The molecule has 1 aliphatic rings. The molecule has 0 radical (unpaired) electrons. The summed E-state index contributed by atoms with van der Waals surface area (Å²) in [7, 11) is 0. The van der Waals surface area contributed by atoms with Crippen LogP contribution < -0.4 is 5.73 Å². The molecule has 1 fully saturated rings. The highest BCUT2D eigenvalue weighted by molar-refractivity contribution is 5.76. The van der Waals surface area contributed by atoms with Gasteiger partial charge in [0.05, 0.1) is 0 Å². The van der Waals surface area contributed by atoms with Gasteiger partial charge in [-0.3, -0.25) is 9.69 Å². The van der Waals surface area contributed by atoms with E-state index < -0.39 is 0 Å². The molecule has 0 aliphatic carbocycles. The molecule has 0 aromatic carbocycles. The van der Waals surface area contributed by atoms with E-state index in [0.717, 1.165) is 51.9 Å². The van der Waals surface area contributed by atoms with E-state index in [4.69, 9.17) is 5.73 Å². The first-order valence-corrected chi connectivity index (χ1v) is 7.94. The summed E-state index contributed by atoms with van der Waals surface area (Å²) in [4.78, 5) is 16.7. The minimum atomic E-state index is 0.217. The number of nitrogens with two attached hydrogens (primary N) is 1. The molecule has 1 heterocycles.